The van der Waals surface area contributed by atoms with E-state index in [9.17, 15) is 9.18 Å². The summed E-state index contributed by atoms with van der Waals surface area (Å²) in [6.07, 6.45) is 3.07. The molecule has 5 heteroatoms. The molecule has 1 aliphatic heterocycles. The zero-order valence-corrected chi connectivity index (χ0v) is 12.1. The van der Waals surface area contributed by atoms with Crippen molar-refractivity contribution in [3.05, 3.63) is 35.8 Å². The lowest BCUT2D eigenvalue weighted by Crippen LogP contribution is -2.48. The Morgan fingerprint density at radius 1 is 1.48 bits per heavy atom. The minimum absolute atomic E-state index is 0.0268. The third kappa shape index (κ3) is 3.08. The van der Waals surface area contributed by atoms with Crippen LogP contribution in [0.25, 0.3) is 10.9 Å². The van der Waals surface area contributed by atoms with Gasteiger partial charge in [-0.2, -0.15) is 0 Å². The number of halogens is 1. The molecule has 2 heterocycles. The van der Waals surface area contributed by atoms with Gasteiger partial charge in [-0.15, -0.1) is 0 Å². The first kappa shape index (κ1) is 14.1. The molecular weight excluding hydrogens is 269 g/mol. The first-order valence-corrected chi connectivity index (χ1v) is 7.39. The Labute approximate surface area is 123 Å². The second-order valence-electron chi connectivity index (χ2n) is 5.82. The number of amides is 1. The van der Waals surface area contributed by atoms with Gasteiger partial charge in [-0.3, -0.25) is 4.79 Å². The van der Waals surface area contributed by atoms with E-state index in [0.29, 0.717) is 12.3 Å². The second kappa shape index (κ2) is 5.85. The topological polar surface area (TPSA) is 56.9 Å². The van der Waals surface area contributed by atoms with Crippen molar-refractivity contribution in [1.82, 2.24) is 15.6 Å². The molecule has 1 aromatic heterocycles. The van der Waals surface area contributed by atoms with E-state index < -0.39 is 0 Å². The molecule has 0 radical (unpaired) electrons. The normalized spacial score (nSPS) is 22.4. The van der Waals surface area contributed by atoms with Gasteiger partial charge in [0.25, 0.3) is 0 Å². The van der Waals surface area contributed by atoms with Crippen molar-refractivity contribution in [1.29, 1.82) is 0 Å². The summed E-state index contributed by atoms with van der Waals surface area (Å²) < 4.78 is 13.2. The monoisotopic (exact) mass is 289 g/mol. The van der Waals surface area contributed by atoms with Crippen LogP contribution < -0.4 is 10.6 Å². The summed E-state index contributed by atoms with van der Waals surface area (Å²) in [4.78, 5) is 15.2. The largest absolute Gasteiger partial charge is 0.361 e. The third-order valence-electron chi connectivity index (χ3n) is 4.21. The van der Waals surface area contributed by atoms with E-state index in [4.69, 9.17) is 0 Å². The fourth-order valence-corrected chi connectivity index (χ4v) is 2.96. The van der Waals surface area contributed by atoms with Gasteiger partial charge in [0.2, 0.25) is 5.91 Å². The van der Waals surface area contributed by atoms with Gasteiger partial charge in [-0.1, -0.05) is 6.92 Å². The van der Waals surface area contributed by atoms with Gasteiger partial charge in [0, 0.05) is 23.1 Å². The molecule has 2 unspecified atom stereocenters. The van der Waals surface area contributed by atoms with E-state index in [1.165, 1.54) is 12.1 Å². The van der Waals surface area contributed by atoms with Crippen LogP contribution >= 0.6 is 0 Å². The van der Waals surface area contributed by atoms with Gasteiger partial charge in [0.1, 0.15) is 5.82 Å². The highest BCUT2D eigenvalue weighted by Gasteiger charge is 2.22. The van der Waals surface area contributed by atoms with Gasteiger partial charge in [-0.05, 0) is 49.2 Å². The fourth-order valence-electron chi connectivity index (χ4n) is 2.96. The van der Waals surface area contributed by atoms with Crippen LogP contribution in [0.5, 0.6) is 0 Å². The van der Waals surface area contributed by atoms with Crippen LogP contribution in [0.2, 0.25) is 0 Å². The highest BCUT2D eigenvalue weighted by Crippen LogP contribution is 2.20. The van der Waals surface area contributed by atoms with Gasteiger partial charge < -0.3 is 15.6 Å². The molecule has 1 saturated heterocycles. The Hall–Kier alpha value is -1.88. The number of piperidine rings is 1. The van der Waals surface area contributed by atoms with E-state index in [2.05, 4.69) is 22.5 Å². The second-order valence-corrected chi connectivity index (χ2v) is 5.82. The average Bonchev–Trinajstić information content (AvgIpc) is 2.83. The Balaban J connectivity index is 1.68. The molecule has 3 rings (SSSR count). The molecule has 1 aromatic carbocycles. The van der Waals surface area contributed by atoms with Crippen molar-refractivity contribution in [2.75, 3.05) is 13.1 Å². The van der Waals surface area contributed by atoms with Crippen LogP contribution in [0, 0.1) is 11.7 Å². The van der Waals surface area contributed by atoms with E-state index in [1.54, 1.807) is 12.3 Å². The third-order valence-corrected chi connectivity index (χ3v) is 4.21. The van der Waals surface area contributed by atoms with E-state index in [1.807, 2.05) is 0 Å². The van der Waals surface area contributed by atoms with Crippen LogP contribution in [0.3, 0.4) is 0 Å². The van der Waals surface area contributed by atoms with Crippen LogP contribution in [0.15, 0.2) is 24.4 Å². The van der Waals surface area contributed by atoms with Gasteiger partial charge in [-0.25, -0.2) is 4.39 Å². The number of carbonyl (C=O) groups is 1. The zero-order chi connectivity index (χ0) is 14.8. The lowest BCUT2D eigenvalue weighted by molar-refractivity contribution is -0.121. The molecule has 1 fully saturated rings. The molecule has 3 N–H and O–H groups in total. The number of aromatic amines is 1. The fraction of sp³-hybridized carbons (Fsp3) is 0.438. The van der Waals surface area contributed by atoms with Crippen molar-refractivity contribution in [2.45, 2.75) is 25.8 Å². The van der Waals surface area contributed by atoms with E-state index in [0.717, 1.165) is 36.0 Å². The molecule has 2 atom stereocenters. The number of carbonyl (C=O) groups excluding carboxylic acids is 1. The van der Waals surface area contributed by atoms with Gasteiger partial charge >= 0.3 is 0 Å². The van der Waals surface area contributed by atoms with Crippen molar-refractivity contribution in [3.8, 4) is 0 Å². The molecule has 1 aliphatic rings. The van der Waals surface area contributed by atoms with Crippen LogP contribution in [-0.4, -0.2) is 30.0 Å². The Bertz CT molecular complexity index is 652. The molecule has 21 heavy (non-hydrogen) atoms. The van der Waals surface area contributed by atoms with Gasteiger partial charge in [0.15, 0.2) is 0 Å². The average molecular weight is 289 g/mol. The Morgan fingerprint density at radius 2 is 2.33 bits per heavy atom. The quantitative estimate of drug-likeness (QED) is 0.809. The van der Waals surface area contributed by atoms with Crippen molar-refractivity contribution < 1.29 is 9.18 Å². The summed E-state index contributed by atoms with van der Waals surface area (Å²) in [7, 11) is 0. The molecule has 4 nitrogen and oxygen atoms in total. The van der Waals surface area contributed by atoms with E-state index in [-0.39, 0.29) is 17.8 Å². The number of fused-ring (bicyclic) bond motifs is 1. The van der Waals surface area contributed by atoms with Crippen LogP contribution in [-0.2, 0) is 11.2 Å². The molecule has 0 spiro atoms. The predicted molar refractivity (Wildman–Crippen MR) is 80.5 cm³/mol. The molecular formula is C16H20FN3O. The Morgan fingerprint density at radius 3 is 3.14 bits per heavy atom. The lowest BCUT2D eigenvalue weighted by Gasteiger charge is -2.30. The summed E-state index contributed by atoms with van der Waals surface area (Å²) in [5, 5.41) is 7.34. The summed E-state index contributed by atoms with van der Waals surface area (Å²) >= 11 is 0. The molecule has 112 valence electrons. The molecule has 1 amide bonds. The number of hydrogen-bond donors (Lipinski definition) is 3. The van der Waals surface area contributed by atoms with E-state index >= 15 is 0 Å². The SMILES string of the molecule is CC1CNCCC1NC(=O)Cc1c[nH]c2cc(F)ccc12. The highest BCUT2D eigenvalue weighted by molar-refractivity contribution is 5.89. The maximum absolute atomic E-state index is 13.2. The maximum Gasteiger partial charge on any atom is 0.224 e. The number of rotatable bonds is 3. The van der Waals surface area contributed by atoms with Crippen molar-refractivity contribution >= 4 is 16.8 Å². The van der Waals surface area contributed by atoms with Crippen molar-refractivity contribution in [2.24, 2.45) is 5.92 Å². The van der Waals surface area contributed by atoms with Crippen LogP contribution in [0.4, 0.5) is 4.39 Å². The van der Waals surface area contributed by atoms with Crippen LogP contribution in [0.1, 0.15) is 18.9 Å². The first-order chi connectivity index (χ1) is 10.1. The summed E-state index contributed by atoms with van der Waals surface area (Å²) in [5.74, 6) is 0.197. The summed E-state index contributed by atoms with van der Waals surface area (Å²) in [6, 6.07) is 4.83. The maximum atomic E-state index is 13.2. The highest BCUT2D eigenvalue weighted by atomic mass is 19.1. The van der Waals surface area contributed by atoms with Gasteiger partial charge in [0.05, 0.1) is 6.42 Å². The predicted octanol–water partition coefficient (Wildman–Crippen LogP) is 1.96. The summed E-state index contributed by atoms with van der Waals surface area (Å²) in [5.41, 5.74) is 1.64. The number of aromatic nitrogens is 1. The minimum atomic E-state index is -0.274. The number of H-pyrrole nitrogens is 1. The first-order valence-electron chi connectivity index (χ1n) is 7.39. The minimum Gasteiger partial charge on any atom is -0.361 e. The molecule has 0 saturated carbocycles. The number of hydrogen-bond acceptors (Lipinski definition) is 2. The van der Waals surface area contributed by atoms with Crippen molar-refractivity contribution in [3.63, 3.8) is 0 Å². The standard InChI is InChI=1S/C16H20FN3O/c1-10-8-18-5-4-14(10)20-16(21)6-11-9-19-15-7-12(17)2-3-13(11)15/h2-3,7,9-10,14,18-19H,4-6,8H2,1H3,(H,20,21). The molecule has 0 bridgehead atoms. The zero-order valence-electron chi connectivity index (χ0n) is 12.1. The summed E-state index contributed by atoms with van der Waals surface area (Å²) in [6.45, 7) is 4.03. The number of benzene rings is 1. The number of nitrogens with one attached hydrogen (secondary N) is 3. The molecule has 0 aliphatic carbocycles. The lowest BCUT2D eigenvalue weighted by atomic mass is 9.95. The Kier molecular flexibility index (Phi) is 3.92. The smallest absolute Gasteiger partial charge is 0.224 e. The molecule has 2 aromatic rings.